The summed E-state index contributed by atoms with van der Waals surface area (Å²) in [5.74, 6) is -0.0116. The van der Waals surface area contributed by atoms with E-state index < -0.39 is 14.9 Å². The van der Waals surface area contributed by atoms with Crippen molar-refractivity contribution >= 4 is 10.1 Å². The van der Waals surface area contributed by atoms with E-state index in [9.17, 15) is 8.42 Å². The number of hydrogen-bond acceptors (Lipinski definition) is 2. The van der Waals surface area contributed by atoms with Crippen molar-refractivity contribution in [2.45, 2.75) is 51.7 Å². The summed E-state index contributed by atoms with van der Waals surface area (Å²) in [6.45, 7) is 7.07. The highest BCUT2D eigenvalue weighted by Gasteiger charge is 2.37. The van der Waals surface area contributed by atoms with E-state index in [0.29, 0.717) is 0 Å². The maximum atomic E-state index is 11.0. The lowest BCUT2D eigenvalue weighted by molar-refractivity contribution is 0.355. The molecule has 1 unspecified atom stereocenters. The molecular formula is C9H20O3S. The standard InChI is InChI=1S/C9H20O3S/c1-5-6-7-8(2)9(3,4)13(10,11)12/h8H,5-7H2,1-4H3,(H,10,11,12). The van der Waals surface area contributed by atoms with Crippen molar-refractivity contribution in [3.05, 3.63) is 0 Å². The van der Waals surface area contributed by atoms with Gasteiger partial charge in [0.1, 0.15) is 0 Å². The maximum absolute atomic E-state index is 11.0. The zero-order valence-corrected chi connectivity index (χ0v) is 9.69. The van der Waals surface area contributed by atoms with Crippen molar-refractivity contribution in [3.63, 3.8) is 0 Å². The molecule has 0 saturated heterocycles. The molecule has 0 spiro atoms. The van der Waals surface area contributed by atoms with E-state index in [-0.39, 0.29) is 5.92 Å². The molecule has 0 aliphatic heterocycles. The van der Waals surface area contributed by atoms with Crippen LogP contribution in [0.5, 0.6) is 0 Å². The first-order chi connectivity index (χ1) is 5.73. The Kier molecular flexibility index (Phi) is 4.39. The highest BCUT2D eigenvalue weighted by atomic mass is 32.2. The van der Waals surface area contributed by atoms with Crippen molar-refractivity contribution < 1.29 is 13.0 Å². The van der Waals surface area contributed by atoms with Crippen LogP contribution in [-0.2, 0) is 10.1 Å². The zero-order chi connectivity index (χ0) is 10.7. The van der Waals surface area contributed by atoms with E-state index in [2.05, 4.69) is 6.92 Å². The molecule has 0 aromatic carbocycles. The van der Waals surface area contributed by atoms with Crippen LogP contribution in [0.15, 0.2) is 0 Å². The van der Waals surface area contributed by atoms with Crippen LogP contribution >= 0.6 is 0 Å². The molecule has 3 nitrogen and oxygen atoms in total. The van der Waals surface area contributed by atoms with Crippen molar-refractivity contribution in [1.82, 2.24) is 0 Å². The Labute approximate surface area is 81.3 Å². The lowest BCUT2D eigenvalue weighted by atomic mass is 9.92. The van der Waals surface area contributed by atoms with Crippen LogP contribution in [-0.4, -0.2) is 17.7 Å². The second-order valence-electron chi connectivity index (χ2n) is 4.12. The summed E-state index contributed by atoms with van der Waals surface area (Å²) in [5.41, 5.74) is 0. The van der Waals surface area contributed by atoms with Gasteiger partial charge in [-0.1, -0.05) is 26.7 Å². The molecule has 0 heterocycles. The average Bonchev–Trinajstić information content (AvgIpc) is 1.97. The van der Waals surface area contributed by atoms with Gasteiger partial charge in [0.2, 0.25) is 0 Å². The first kappa shape index (κ1) is 12.9. The van der Waals surface area contributed by atoms with Crippen LogP contribution < -0.4 is 0 Å². The third kappa shape index (κ3) is 3.27. The van der Waals surface area contributed by atoms with Gasteiger partial charge in [0.25, 0.3) is 10.1 Å². The Morgan fingerprint density at radius 3 is 2.15 bits per heavy atom. The van der Waals surface area contributed by atoms with Crippen LogP contribution in [0.3, 0.4) is 0 Å². The predicted molar refractivity (Wildman–Crippen MR) is 54.3 cm³/mol. The van der Waals surface area contributed by atoms with Crippen molar-refractivity contribution in [2.24, 2.45) is 5.92 Å². The summed E-state index contributed by atoms with van der Waals surface area (Å²) in [5, 5.41) is 0. The van der Waals surface area contributed by atoms with Gasteiger partial charge in [0, 0.05) is 0 Å². The number of rotatable bonds is 5. The monoisotopic (exact) mass is 208 g/mol. The Hall–Kier alpha value is -0.0900. The zero-order valence-electron chi connectivity index (χ0n) is 8.87. The van der Waals surface area contributed by atoms with E-state index in [0.717, 1.165) is 19.3 Å². The summed E-state index contributed by atoms with van der Waals surface area (Å²) in [7, 11) is -3.93. The summed E-state index contributed by atoms with van der Waals surface area (Å²) in [4.78, 5) is 0. The largest absolute Gasteiger partial charge is 0.285 e. The fourth-order valence-corrected chi connectivity index (χ4v) is 1.74. The lowest BCUT2D eigenvalue weighted by Gasteiger charge is -2.28. The number of hydrogen-bond donors (Lipinski definition) is 1. The van der Waals surface area contributed by atoms with Crippen molar-refractivity contribution in [2.75, 3.05) is 0 Å². The average molecular weight is 208 g/mol. The molecule has 13 heavy (non-hydrogen) atoms. The maximum Gasteiger partial charge on any atom is 0.270 e. The molecule has 0 fully saturated rings. The fourth-order valence-electron chi connectivity index (χ4n) is 1.11. The van der Waals surface area contributed by atoms with Gasteiger partial charge in [-0.05, 0) is 26.2 Å². The molecule has 4 heteroatoms. The normalized spacial score (nSPS) is 15.8. The highest BCUT2D eigenvalue weighted by molar-refractivity contribution is 7.87. The molecule has 1 atom stereocenters. The van der Waals surface area contributed by atoms with Gasteiger partial charge >= 0.3 is 0 Å². The van der Waals surface area contributed by atoms with Gasteiger partial charge in [-0.25, -0.2) is 0 Å². The van der Waals surface area contributed by atoms with E-state index in [1.165, 1.54) is 0 Å². The molecule has 80 valence electrons. The molecular weight excluding hydrogens is 188 g/mol. The smallest absolute Gasteiger partial charge is 0.270 e. The summed E-state index contributed by atoms with van der Waals surface area (Å²) < 4.78 is 30.0. The summed E-state index contributed by atoms with van der Waals surface area (Å²) in [6, 6.07) is 0. The van der Waals surface area contributed by atoms with Crippen LogP contribution in [0.4, 0.5) is 0 Å². The molecule has 0 aromatic rings. The van der Waals surface area contributed by atoms with E-state index in [4.69, 9.17) is 4.55 Å². The SMILES string of the molecule is CCCCC(C)C(C)(C)S(=O)(=O)O. The van der Waals surface area contributed by atoms with Crippen LogP contribution in [0, 0.1) is 5.92 Å². The first-order valence-corrected chi connectivity index (χ1v) is 6.14. The second kappa shape index (κ2) is 4.42. The van der Waals surface area contributed by atoms with Crippen molar-refractivity contribution in [3.8, 4) is 0 Å². The Balaban J connectivity index is 4.46. The van der Waals surface area contributed by atoms with Gasteiger partial charge < -0.3 is 0 Å². The minimum absolute atomic E-state index is 0.0116. The molecule has 0 bridgehead atoms. The molecule has 0 amide bonds. The Bertz CT molecular complexity index is 242. The van der Waals surface area contributed by atoms with Gasteiger partial charge in [-0.3, -0.25) is 4.55 Å². The predicted octanol–water partition coefficient (Wildman–Crippen LogP) is 2.48. The molecule has 0 saturated carbocycles. The van der Waals surface area contributed by atoms with Crippen LogP contribution in [0.25, 0.3) is 0 Å². The molecule has 0 rings (SSSR count). The van der Waals surface area contributed by atoms with Crippen LogP contribution in [0.2, 0.25) is 0 Å². The van der Waals surface area contributed by atoms with Gasteiger partial charge in [0.15, 0.2) is 0 Å². The number of unbranched alkanes of at least 4 members (excludes halogenated alkanes) is 1. The topological polar surface area (TPSA) is 54.4 Å². The molecule has 1 N–H and O–H groups in total. The third-order valence-corrected chi connectivity index (χ3v) is 4.57. The minimum atomic E-state index is -3.93. The Morgan fingerprint density at radius 2 is 1.85 bits per heavy atom. The quantitative estimate of drug-likeness (QED) is 0.706. The van der Waals surface area contributed by atoms with Gasteiger partial charge in [-0.2, -0.15) is 8.42 Å². The van der Waals surface area contributed by atoms with E-state index >= 15 is 0 Å². The summed E-state index contributed by atoms with van der Waals surface area (Å²) >= 11 is 0. The minimum Gasteiger partial charge on any atom is -0.285 e. The lowest BCUT2D eigenvalue weighted by Crippen LogP contribution is -2.38. The third-order valence-electron chi connectivity index (χ3n) is 2.84. The second-order valence-corrected chi connectivity index (χ2v) is 6.12. The highest BCUT2D eigenvalue weighted by Crippen LogP contribution is 2.28. The van der Waals surface area contributed by atoms with Gasteiger partial charge in [-0.15, -0.1) is 0 Å². The fraction of sp³-hybridized carbons (Fsp3) is 1.00. The molecule has 0 aromatic heterocycles. The van der Waals surface area contributed by atoms with Crippen molar-refractivity contribution in [1.29, 1.82) is 0 Å². The Morgan fingerprint density at radius 1 is 1.38 bits per heavy atom. The first-order valence-electron chi connectivity index (χ1n) is 4.70. The van der Waals surface area contributed by atoms with E-state index in [1.54, 1.807) is 13.8 Å². The molecule has 0 radical (unpaired) electrons. The summed E-state index contributed by atoms with van der Waals surface area (Å²) in [6.07, 6.45) is 2.88. The van der Waals surface area contributed by atoms with E-state index in [1.807, 2.05) is 6.92 Å². The molecule has 0 aliphatic carbocycles. The molecule has 0 aliphatic rings. The van der Waals surface area contributed by atoms with Gasteiger partial charge in [0.05, 0.1) is 4.75 Å². The van der Waals surface area contributed by atoms with Crippen LogP contribution in [0.1, 0.15) is 47.0 Å².